The van der Waals surface area contributed by atoms with E-state index in [-0.39, 0.29) is 6.61 Å². The minimum absolute atomic E-state index is 0.0366. The summed E-state index contributed by atoms with van der Waals surface area (Å²) < 4.78 is 0. The number of aliphatic hydroxyl groups excluding tert-OH is 1. The summed E-state index contributed by atoms with van der Waals surface area (Å²) in [5.74, 6) is 0.759. The third kappa shape index (κ3) is 2.64. The highest BCUT2D eigenvalue weighted by atomic mass is 16.3. The Morgan fingerprint density at radius 1 is 1.12 bits per heavy atom. The average Bonchev–Trinajstić information content (AvgIpc) is 2.29. The molecule has 1 N–H and O–H groups in total. The van der Waals surface area contributed by atoms with Crippen LogP contribution in [0.15, 0.2) is 36.4 Å². The molecule has 82 valence electrons. The van der Waals surface area contributed by atoms with Crippen molar-refractivity contribution in [3.63, 3.8) is 0 Å². The van der Waals surface area contributed by atoms with E-state index in [1.807, 2.05) is 37.3 Å². The molecule has 0 saturated heterocycles. The van der Waals surface area contributed by atoms with E-state index >= 15 is 0 Å². The molecule has 0 amide bonds. The molecule has 0 fully saturated rings. The Bertz CT molecular complexity index is 469. The van der Waals surface area contributed by atoms with Crippen LogP contribution < -0.4 is 0 Å². The van der Waals surface area contributed by atoms with Crippen molar-refractivity contribution in [1.29, 1.82) is 0 Å². The number of hydrogen-bond donors (Lipinski definition) is 1. The van der Waals surface area contributed by atoms with E-state index in [4.69, 9.17) is 5.11 Å². The Balaban J connectivity index is 2.24. The second kappa shape index (κ2) is 4.86. The van der Waals surface area contributed by atoms with Gasteiger partial charge >= 0.3 is 0 Å². The molecule has 0 atom stereocenters. The zero-order valence-electron chi connectivity index (χ0n) is 9.22. The van der Waals surface area contributed by atoms with Gasteiger partial charge in [-0.3, -0.25) is 0 Å². The molecule has 1 aromatic carbocycles. The van der Waals surface area contributed by atoms with Gasteiger partial charge in [0.25, 0.3) is 0 Å². The van der Waals surface area contributed by atoms with Gasteiger partial charge in [-0.25, -0.2) is 9.97 Å². The average molecular weight is 214 g/mol. The lowest BCUT2D eigenvalue weighted by Crippen LogP contribution is -2.02. The van der Waals surface area contributed by atoms with Crippen LogP contribution >= 0.6 is 0 Å². The normalized spacial score (nSPS) is 10.4. The molecule has 0 unspecified atom stereocenters. The lowest BCUT2D eigenvalue weighted by atomic mass is 10.1. The van der Waals surface area contributed by atoms with Crippen molar-refractivity contribution < 1.29 is 5.11 Å². The molecule has 1 heterocycles. The molecule has 3 heteroatoms. The predicted molar refractivity (Wildman–Crippen MR) is 61.9 cm³/mol. The fourth-order valence-corrected chi connectivity index (χ4v) is 1.64. The molecule has 0 radical (unpaired) electrons. The Morgan fingerprint density at radius 3 is 2.56 bits per heavy atom. The Morgan fingerprint density at radius 2 is 1.88 bits per heavy atom. The quantitative estimate of drug-likeness (QED) is 0.848. The topological polar surface area (TPSA) is 46.0 Å². The molecule has 2 rings (SSSR count). The van der Waals surface area contributed by atoms with Crippen LogP contribution in [-0.2, 0) is 13.0 Å². The zero-order chi connectivity index (χ0) is 11.4. The smallest absolute Gasteiger partial charge is 0.133 e. The molecule has 0 spiro atoms. The van der Waals surface area contributed by atoms with Crippen molar-refractivity contribution in [3.05, 3.63) is 59.2 Å². The molecule has 3 nitrogen and oxygen atoms in total. The zero-order valence-corrected chi connectivity index (χ0v) is 9.22. The summed E-state index contributed by atoms with van der Waals surface area (Å²) in [6, 6.07) is 11.9. The van der Waals surface area contributed by atoms with Gasteiger partial charge in [0, 0.05) is 12.1 Å². The van der Waals surface area contributed by atoms with Crippen LogP contribution in [0, 0.1) is 6.92 Å². The molecule has 0 aliphatic heterocycles. The molecule has 0 aliphatic rings. The summed E-state index contributed by atoms with van der Waals surface area (Å²) in [4.78, 5) is 8.64. The van der Waals surface area contributed by atoms with E-state index < -0.39 is 0 Å². The summed E-state index contributed by atoms with van der Waals surface area (Å²) in [5.41, 5.74) is 2.75. The summed E-state index contributed by atoms with van der Waals surface area (Å²) in [5, 5.41) is 9.06. The summed E-state index contributed by atoms with van der Waals surface area (Å²) >= 11 is 0. The number of benzene rings is 1. The fraction of sp³-hybridized carbons (Fsp3) is 0.231. The minimum Gasteiger partial charge on any atom is -0.390 e. The van der Waals surface area contributed by atoms with E-state index in [9.17, 15) is 0 Å². The highest BCUT2D eigenvalue weighted by Crippen LogP contribution is 2.07. The van der Waals surface area contributed by atoms with Gasteiger partial charge in [0.05, 0.1) is 12.3 Å². The van der Waals surface area contributed by atoms with Crippen molar-refractivity contribution in [2.24, 2.45) is 0 Å². The van der Waals surface area contributed by atoms with Crippen molar-refractivity contribution in [2.75, 3.05) is 0 Å². The number of aliphatic hydroxyl groups is 1. The van der Waals surface area contributed by atoms with E-state index in [0.29, 0.717) is 12.1 Å². The maximum Gasteiger partial charge on any atom is 0.133 e. The number of aromatic nitrogens is 2. The van der Waals surface area contributed by atoms with Crippen molar-refractivity contribution in [3.8, 4) is 0 Å². The van der Waals surface area contributed by atoms with Crippen molar-refractivity contribution in [1.82, 2.24) is 9.97 Å². The van der Waals surface area contributed by atoms with Crippen LogP contribution in [0.5, 0.6) is 0 Å². The first-order valence-electron chi connectivity index (χ1n) is 5.26. The monoisotopic (exact) mass is 214 g/mol. The maximum absolute atomic E-state index is 9.06. The van der Waals surface area contributed by atoms with Crippen molar-refractivity contribution in [2.45, 2.75) is 20.0 Å². The van der Waals surface area contributed by atoms with Crippen LogP contribution in [0.25, 0.3) is 0 Å². The second-order valence-electron chi connectivity index (χ2n) is 3.74. The van der Waals surface area contributed by atoms with Crippen molar-refractivity contribution >= 4 is 0 Å². The molecule has 0 bridgehead atoms. The number of rotatable bonds is 3. The molecule has 16 heavy (non-hydrogen) atoms. The van der Waals surface area contributed by atoms with Crippen LogP contribution in [0.1, 0.15) is 22.8 Å². The number of aryl methyl sites for hydroxylation is 1. The predicted octanol–water partition coefficient (Wildman–Crippen LogP) is 1.87. The van der Waals surface area contributed by atoms with E-state index in [2.05, 4.69) is 9.97 Å². The van der Waals surface area contributed by atoms with E-state index in [1.54, 1.807) is 6.07 Å². The van der Waals surface area contributed by atoms with Gasteiger partial charge in [-0.15, -0.1) is 0 Å². The van der Waals surface area contributed by atoms with Crippen LogP contribution in [0.4, 0.5) is 0 Å². The Labute approximate surface area is 94.8 Å². The molecular formula is C13H14N2O. The van der Waals surface area contributed by atoms with Gasteiger partial charge in [-0.1, -0.05) is 30.3 Å². The number of hydrogen-bond acceptors (Lipinski definition) is 3. The molecular weight excluding hydrogens is 200 g/mol. The van der Waals surface area contributed by atoms with Crippen LogP contribution in [0.3, 0.4) is 0 Å². The summed E-state index contributed by atoms with van der Waals surface area (Å²) in [7, 11) is 0. The molecule has 1 aromatic heterocycles. The lowest BCUT2D eigenvalue weighted by molar-refractivity contribution is 0.276. The standard InChI is InChI=1S/C13H14N2O/c1-10-7-12(9-16)15-13(14-10)8-11-5-3-2-4-6-11/h2-7,16H,8-9H2,1H3. The fourth-order valence-electron chi connectivity index (χ4n) is 1.64. The van der Waals surface area contributed by atoms with Gasteiger partial charge in [0.1, 0.15) is 5.82 Å². The highest BCUT2D eigenvalue weighted by molar-refractivity contribution is 5.20. The van der Waals surface area contributed by atoms with Gasteiger partial charge in [0.15, 0.2) is 0 Å². The maximum atomic E-state index is 9.06. The molecule has 2 aromatic rings. The third-order valence-electron chi connectivity index (χ3n) is 2.32. The van der Waals surface area contributed by atoms with Gasteiger partial charge in [0.2, 0.25) is 0 Å². The van der Waals surface area contributed by atoms with Crippen LogP contribution in [0.2, 0.25) is 0 Å². The second-order valence-corrected chi connectivity index (χ2v) is 3.74. The molecule has 0 aliphatic carbocycles. The lowest BCUT2D eigenvalue weighted by Gasteiger charge is -2.04. The van der Waals surface area contributed by atoms with Gasteiger partial charge < -0.3 is 5.11 Å². The Hall–Kier alpha value is -1.74. The van der Waals surface area contributed by atoms with Gasteiger partial charge in [-0.2, -0.15) is 0 Å². The van der Waals surface area contributed by atoms with Crippen LogP contribution in [-0.4, -0.2) is 15.1 Å². The van der Waals surface area contributed by atoms with Gasteiger partial charge in [-0.05, 0) is 18.6 Å². The van der Waals surface area contributed by atoms with E-state index in [1.165, 1.54) is 5.56 Å². The number of nitrogens with zero attached hydrogens (tertiary/aromatic N) is 2. The highest BCUT2D eigenvalue weighted by Gasteiger charge is 2.02. The SMILES string of the molecule is Cc1cc(CO)nc(Cc2ccccc2)n1. The van der Waals surface area contributed by atoms with E-state index in [0.717, 1.165) is 11.5 Å². The molecule has 0 saturated carbocycles. The first-order chi connectivity index (χ1) is 7.78. The largest absolute Gasteiger partial charge is 0.390 e. The first-order valence-corrected chi connectivity index (χ1v) is 5.26. The first kappa shape index (κ1) is 10.8. The summed E-state index contributed by atoms with van der Waals surface area (Å²) in [6.45, 7) is 1.88. The minimum atomic E-state index is -0.0366. The Kier molecular flexibility index (Phi) is 3.27. The summed E-state index contributed by atoms with van der Waals surface area (Å²) in [6.07, 6.45) is 0.704. The third-order valence-corrected chi connectivity index (χ3v) is 2.32.